The van der Waals surface area contributed by atoms with E-state index in [0.29, 0.717) is 24.3 Å². The van der Waals surface area contributed by atoms with Crippen LogP contribution in [0.25, 0.3) is 0 Å². The zero-order chi connectivity index (χ0) is 30.9. The molecule has 9 nitrogen and oxygen atoms in total. The summed E-state index contributed by atoms with van der Waals surface area (Å²) in [5.74, 6) is 1.18. The number of aliphatic hydroxyl groups excluding tert-OH is 1. The van der Waals surface area contributed by atoms with Crippen LogP contribution in [0.4, 0.5) is 4.79 Å². The molecule has 1 fully saturated rings. The number of nitrogens with one attached hydrogen (secondary N) is 1. The van der Waals surface area contributed by atoms with Crippen molar-refractivity contribution in [1.29, 1.82) is 0 Å². The fraction of sp³-hybridized carbons (Fsp3) is 0.667. The number of guanidine groups is 1. The van der Waals surface area contributed by atoms with Crippen LogP contribution in [0.3, 0.4) is 0 Å². The van der Waals surface area contributed by atoms with Crippen LogP contribution in [0, 0.1) is 23.7 Å². The lowest BCUT2D eigenvalue weighted by Gasteiger charge is -2.28. The maximum atomic E-state index is 12.2. The van der Waals surface area contributed by atoms with Crippen molar-refractivity contribution in [2.24, 2.45) is 40.1 Å². The molecule has 42 heavy (non-hydrogen) atoms. The second-order valence-electron chi connectivity index (χ2n) is 12.1. The van der Waals surface area contributed by atoms with Gasteiger partial charge in [0.2, 0.25) is 0 Å². The van der Waals surface area contributed by atoms with Crippen LogP contribution in [0.2, 0.25) is 0 Å². The number of amides is 2. The van der Waals surface area contributed by atoms with Gasteiger partial charge >= 0.3 is 12.0 Å². The number of aliphatic imine (C=N–C) groups is 1. The Labute approximate surface area is 252 Å². The summed E-state index contributed by atoms with van der Waals surface area (Å²) in [6.07, 6.45) is 25.0. The lowest BCUT2D eigenvalue weighted by atomic mass is 9.78. The Morgan fingerprint density at radius 1 is 1.17 bits per heavy atom. The number of carbonyl (C=O) groups is 2. The van der Waals surface area contributed by atoms with Gasteiger partial charge in [-0.3, -0.25) is 0 Å². The Morgan fingerprint density at radius 3 is 2.60 bits per heavy atom. The molecule has 0 heterocycles. The number of allylic oxidation sites excluding steroid dienone is 4. The van der Waals surface area contributed by atoms with Crippen LogP contribution < -0.4 is 16.8 Å². The van der Waals surface area contributed by atoms with Gasteiger partial charge in [-0.2, -0.15) is 0 Å². The molecule has 9 heteroatoms. The summed E-state index contributed by atoms with van der Waals surface area (Å²) in [6, 6.07) is -1.76. The number of carboxylic acid groups (broad SMARTS) is 1. The minimum atomic E-state index is -1.14. The van der Waals surface area contributed by atoms with E-state index in [9.17, 15) is 19.8 Å². The van der Waals surface area contributed by atoms with Gasteiger partial charge in [0.05, 0.1) is 6.10 Å². The van der Waals surface area contributed by atoms with E-state index in [2.05, 4.69) is 36.3 Å². The van der Waals surface area contributed by atoms with E-state index in [4.69, 9.17) is 11.5 Å². The Bertz CT molecular complexity index is 989. The third kappa shape index (κ3) is 13.3. The van der Waals surface area contributed by atoms with E-state index in [-0.39, 0.29) is 18.4 Å². The fourth-order valence-corrected chi connectivity index (χ4v) is 6.15. The van der Waals surface area contributed by atoms with Gasteiger partial charge < -0.3 is 31.9 Å². The minimum absolute atomic E-state index is 0.112. The molecule has 6 unspecified atom stereocenters. The van der Waals surface area contributed by atoms with Crippen molar-refractivity contribution in [3.05, 3.63) is 48.1 Å². The summed E-state index contributed by atoms with van der Waals surface area (Å²) in [7, 11) is 1.75. The normalized spacial score (nSPS) is 23.8. The van der Waals surface area contributed by atoms with Crippen LogP contribution in [0.5, 0.6) is 0 Å². The molecular weight excluding hydrogens is 530 g/mol. The number of rotatable bonds is 17. The number of primary amides is 1. The Hall–Kier alpha value is -3.07. The maximum absolute atomic E-state index is 12.2. The number of hydrogen-bond donors (Lipinski definition) is 5. The molecule has 0 bridgehead atoms. The summed E-state index contributed by atoms with van der Waals surface area (Å²) in [4.78, 5) is 29.2. The predicted octanol–water partition coefficient (Wildman–Crippen LogP) is 5.13. The molecule has 2 rings (SSSR count). The van der Waals surface area contributed by atoms with E-state index in [1.54, 1.807) is 30.2 Å². The number of carbonyl (C=O) groups excluding carboxylic acids is 1. The second-order valence-corrected chi connectivity index (χ2v) is 12.1. The van der Waals surface area contributed by atoms with E-state index < -0.39 is 24.1 Å². The molecule has 6 atom stereocenters. The molecule has 0 aliphatic heterocycles. The molecule has 0 saturated heterocycles. The van der Waals surface area contributed by atoms with Crippen molar-refractivity contribution in [3.8, 4) is 0 Å². The average Bonchev–Trinajstić information content (AvgIpc) is 3.48. The average molecular weight is 586 g/mol. The van der Waals surface area contributed by atoms with Gasteiger partial charge in [-0.25, -0.2) is 14.6 Å². The smallest absolute Gasteiger partial charge is 0.332 e. The molecule has 0 aromatic carbocycles. The van der Waals surface area contributed by atoms with E-state index >= 15 is 0 Å². The van der Waals surface area contributed by atoms with Gasteiger partial charge in [-0.05, 0) is 73.8 Å². The predicted molar refractivity (Wildman–Crippen MR) is 171 cm³/mol. The summed E-state index contributed by atoms with van der Waals surface area (Å²) in [6.45, 7) is 5.11. The number of likely N-dealkylation sites (N-methyl/N-ethyl adjacent to an activating group) is 1. The lowest BCUT2D eigenvalue weighted by molar-refractivity contribution is -0.137. The summed E-state index contributed by atoms with van der Waals surface area (Å²) in [5.41, 5.74) is 12.2. The highest BCUT2D eigenvalue weighted by molar-refractivity contribution is 5.84. The third-order valence-corrected chi connectivity index (χ3v) is 8.51. The first-order valence-corrected chi connectivity index (χ1v) is 15.8. The molecule has 0 aromatic rings. The number of urea groups is 1. The van der Waals surface area contributed by atoms with E-state index in [1.165, 1.54) is 25.7 Å². The molecule has 0 spiro atoms. The van der Waals surface area contributed by atoms with Crippen molar-refractivity contribution in [3.63, 3.8) is 0 Å². The highest BCUT2D eigenvalue weighted by Crippen LogP contribution is 2.34. The first-order valence-electron chi connectivity index (χ1n) is 15.8. The molecule has 236 valence electrons. The van der Waals surface area contributed by atoms with Crippen molar-refractivity contribution >= 4 is 18.0 Å². The first-order chi connectivity index (χ1) is 20.1. The van der Waals surface area contributed by atoms with Crippen molar-refractivity contribution < 1.29 is 19.8 Å². The highest BCUT2D eigenvalue weighted by Gasteiger charge is 2.24. The standard InChI is InChI=1S/C33H55N5O4/c1-4-11-25(26-13-5-6-14-26)15-8-18-29(39)19-10-21-38(3)32(34)37-30(31(40)41)23-28(17-9-20-36-33(35)42)27-16-7-12-24(2)22-27/h5,9-10,13,17,19,23-27,29-30,39H,4,6-8,11-12,14-16,18,20-22H2,1-3H3,(H2,34,37)(H,40,41)(H3,35,36,42)/b17-9+,19-10+,28-23+. The molecule has 2 amide bonds. The highest BCUT2D eigenvalue weighted by atomic mass is 16.4. The lowest BCUT2D eigenvalue weighted by Crippen LogP contribution is -2.36. The monoisotopic (exact) mass is 585 g/mol. The van der Waals surface area contributed by atoms with E-state index in [0.717, 1.165) is 50.5 Å². The molecule has 1 saturated carbocycles. The molecule has 2 aliphatic carbocycles. The quantitative estimate of drug-likeness (QED) is 0.0690. The van der Waals surface area contributed by atoms with Gasteiger partial charge in [0.25, 0.3) is 0 Å². The van der Waals surface area contributed by atoms with Gasteiger partial charge in [0.15, 0.2) is 12.0 Å². The summed E-state index contributed by atoms with van der Waals surface area (Å²) in [5, 5.41) is 23.0. The van der Waals surface area contributed by atoms with Crippen LogP contribution in [0.1, 0.15) is 84.5 Å². The largest absolute Gasteiger partial charge is 0.479 e. The number of nitrogens with two attached hydrogens (primary N) is 2. The van der Waals surface area contributed by atoms with E-state index in [1.807, 2.05) is 12.2 Å². The maximum Gasteiger partial charge on any atom is 0.332 e. The summed E-state index contributed by atoms with van der Waals surface area (Å²) >= 11 is 0. The number of hydrogen-bond acceptors (Lipinski definition) is 4. The molecular formula is C33H55N5O4. The number of aliphatic hydroxyl groups is 1. The molecule has 7 N–H and O–H groups in total. The Morgan fingerprint density at radius 2 is 1.95 bits per heavy atom. The van der Waals surface area contributed by atoms with Gasteiger partial charge in [0.1, 0.15) is 0 Å². The number of carboxylic acids is 1. The third-order valence-electron chi connectivity index (χ3n) is 8.51. The van der Waals surface area contributed by atoms with Gasteiger partial charge in [-0.1, -0.05) is 82.4 Å². The SMILES string of the molecule is CCCC(CCCC(O)/C=C/CN(C)C(N)=NC(/C=C(\C=C\CNC(N)=O)C1CCCC(C)C1)C(=O)O)C1C=CCC1. The second kappa shape index (κ2) is 19.2. The zero-order valence-electron chi connectivity index (χ0n) is 26.0. The number of aliphatic carboxylic acids is 1. The molecule has 0 radical (unpaired) electrons. The van der Waals surface area contributed by atoms with Crippen LogP contribution in [-0.4, -0.2) is 65.4 Å². The van der Waals surface area contributed by atoms with Gasteiger partial charge in [0, 0.05) is 20.1 Å². The van der Waals surface area contributed by atoms with Gasteiger partial charge in [-0.15, -0.1) is 0 Å². The summed E-state index contributed by atoms with van der Waals surface area (Å²) < 4.78 is 0. The minimum Gasteiger partial charge on any atom is -0.479 e. The first kappa shape index (κ1) is 35.1. The Balaban J connectivity index is 1.97. The Kier molecular flexibility index (Phi) is 16.0. The van der Waals surface area contributed by atoms with Crippen LogP contribution in [0.15, 0.2) is 53.1 Å². The van der Waals surface area contributed by atoms with Crippen LogP contribution >= 0.6 is 0 Å². The molecule has 0 aromatic heterocycles. The zero-order valence-corrected chi connectivity index (χ0v) is 26.0. The number of nitrogens with zero attached hydrogens (tertiary/aromatic N) is 2. The van der Waals surface area contributed by atoms with Crippen molar-refractivity contribution in [2.75, 3.05) is 20.1 Å². The topological polar surface area (TPSA) is 154 Å². The van der Waals surface area contributed by atoms with Crippen LogP contribution in [-0.2, 0) is 4.79 Å². The fourth-order valence-electron chi connectivity index (χ4n) is 6.15. The molecule has 2 aliphatic rings. The van der Waals surface area contributed by atoms with Crippen molar-refractivity contribution in [1.82, 2.24) is 10.2 Å². The van der Waals surface area contributed by atoms with Crippen molar-refractivity contribution in [2.45, 2.75) is 96.6 Å².